The second-order valence-electron chi connectivity index (χ2n) is 7.86. The van der Waals surface area contributed by atoms with Crippen LogP contribution in [0.1, 0.15) is 32.1 Å². The van der Waals surface area contributed by atoms with E-state index in [1.165, 1.54) is 12.2 Å². The molecule has 14 heteroatoms. The molecule has 1 N–H and O–H groups in total. The van der Waals surface area contributed by atoms with E-state index in [1.54, 1.807) is 0 Å². The molecule has 37 heavy (non-hydrogen) atoms. The molecule has 2 heterocycles. The molecule has 0 atom stereocenters. The van der Waals surface area contributed by atoms with Gasteiger partial charge in [0.05, 0.1) is 52.7 Å². The molecule has 0 bridgehead atoms. The minimum Gasteiger partial charge on any atom is -0.379 e. The number of carbonyl (C=O) groups is 6. The van der Waals surface area contributed by atoms with Gasteiger partial charge in [-0.25, -0.2) is 4.79 Å². The number of hydrogen-bond donors (Lipinski definition) is 1. The number of ether oxygens (including phenoxy) is 4. The molecule has 14 nitrogen and oxygen atoms in total. The van der Waals surface area contributed by atoms with E-state index >= 15 is 0 Å². The molecule has 2 aliphatic heterocycles. The predicted octanol–water partition coefficient (Wildman–Crippen LogP) is -1.13. The minimum absolute atomic E-state index is 0.0290. The Hall–Kier alpha value is -3.20. The summed E-state index contributed by atoms with van der Waals surface area (Å²) in [4.78, 5) is 74.6. The molecule has 1 saturated heterocycles. The smallest absolute Gasteiger partial charge is 0.333 e. The standard InChI is InChI=1S/C23H33N3O11/c27-18(7-9-25-19(28)3-4-20(25)29)24-8-11-34-13-15-36-17-16-35-14-12-33-10-1-2-23(32)37-26-21(30)5-6-22(26)31/h3-4H,1-2,5-17H2,(H,24,27). The van der Waals surface area contributed by atoms with Crippen molar-refractivity contribution in [3.05, 3.63) is 12.2 Å². The molecule has 206 valence electrons. The summed E-state index contributed by atoms with van der Waals surface area (Å²) in [6, 6.07) is 0. The van der Waals surface area contributed by atoms with E-state index < -0.39 is 29.6 Å². The summed E-state index contributed by atoms with van der Waals surface area (Å²) in [7, 11) is 0. The molecular formula is C23H33N3O11. The zero-order valence-electron chi connectivity index (χ0n) is 20.6. The number of imide groups is 2. The molecule has 0 aliphatic carbocycles. The van der Waals surface area contributed by atoms with Crippen molar-refractivity contribution >= 4 is 35.5 Å². The van der Waals surface area contributed by atoms with E-state index in [0.29, 0.717) is 70.9 Å². The molecule has 0 aromatic carbocycles. The van der Waals surface area contributed by atoms with Crippen LogP contribution in [0.2, 0.25) is 0 Å². The number of hydroxylamine groups is 2. The number of carbonyl (C=O) groups excluding carboxylic acids is 6. The zero-order valence-corrected chi connectivity index (χ0v) is 20.6. The Morgan fingerprint density at radius 2 is 1.24 bits per heavy atom. The van der Waals surface area contributed by atoms with Crippen molar-refractivity contribution in [1.29, 1.82) is 0 Å². The van der Waals surface area contributed by atoms with Gasteiger partial charge in [-0.15, -0.1) is 5.06 Å². The lowest BCUT2D eigenvalue weighted by molar-refractivity contribution is -0.197. The summed E-state index contributed by atoms with van der Waals surface area (Å²) in [5.41, 5.74) is 0. The fraction of sp³-hybridized carbons (Fsp3) is 0.652. The molecule has 0 radical (unpaired) electrons. The van der Waals surface area contributed by atoms with Gasteiger partial charge in [-0.05, 0) is 6.42 Å². The van der Waals surface area contributed by atoms with Crippen LogP contribution in [-0.2, 0) is 52.6 Å². The summed E-state index contributed by atoms with van der Waals surface area (Å²) in [5, 5.41) is 3.17. The predicted molar refractivity (Wildman–Crippen MR) is 123 cm³/mol. The van der Waals surface area contributed by atoms with Crippen molar-refractivity contribution in [3.63, 3.8) is 0 Å². The molecule has 0 saturated carbocycles. The van der Waals surface area contributed by atoms with Gasteiger partial charge in [-0.3, -0.25) is 28.9 Å². The lowest BCUT2D eigenvalue weighted by atomic mass is 10.3. The number of hydrogen-bond acceptors (Lipinski definition) is 11. The monoisotopic (exact) mass is 527 g/mol. The van der Waals surface area contributed by atoms with Gasteiger partial charge >= 0.3 is 5.97 Å². The molecule has 1 fully saturated rings. The topological polar surface area (TPSA) is 167 Å². The van der Waals surface area contributed by atoms with Gasteiger partial charge in [-0.2, -0.15) is 0 Å². The van der Waals surface area contributed by atoms with Crippen LogP contribution >= 0.6 is 0 Å². The summed E-state index contributed by atoms with van der Waals surface area (Å²) >= 11 is 0. The number of rotatable bonds is 20. The molecular weight excluding hydrogens is 494 g/mol. The second kappa shape index (κ2) is 17.3. The lowest BCUT2D eigenvalue weighted by Gasteiger charge is -2.13. The Labute approximate surface area is 214 Å². The third kappa shape index (κ3) is 12.1. The highest BCUT2D eigenvalue weighted by molar-refractivity contribution is 6.13. The summed E-state index contributed by atoms with van der Waals surface area (Å²) in [5.74, 6) is -2.76. The first kappa shape index (κ1) is 30.0. The Morgan fingerprint density at radius 3 is 1.81 bits per heavy atom. The largest absolute Gasteiger partial charge is 0.379 e. The van der Waals surface area contributed by atoms with E-state index in [1.807, 2.05) is 0 Å². The van der Waals surface area contributed by atoms with E-state index in [2.05, 4.69) is 5.32 Å². The highest BCUT2D eigenvalue weighted by atomic mass is 16.7. The van der Waals surface area contributed by atoms with Crippen LogP contribution in [0, 0.1) is 0 Å². The van der Waals surface area contributed by atoms with E-state index in [4.69, 9.17) is 23.8 Å². The molecule has 2 aliphatic rings. The summed E-state index contributed by atoms with van der Waals surface area (Å²) < 4.78 is 21.4. The van der Waals surface area contributed by atoms with Crippen LogP contribution in [0.3, 0.4) is 0 Å². The Bertz CT molecular complexity index is 812. The summed E-state index contributed by atoms with van der Waals surface area (Å²) in [6.07, 6.45) is 2.93. The second-order valence-corrected chi connectivity index (χ2v) is 7.86. The van der Waals surface area contributed by atoms with E-state index in [0.717, 1.165) is 4.90 Å². The first-order valence-corrected chi connectivity index (χ1v) is 12.1. The molecule has 5 amide bonds. The van der Waals surface area contributed by atoms with Gasteiger partial charge in [0, 0.05) is 51.1 Å². The van der Waals surface area contributed by atoms with Crippen molar-refractivity contribution in [1.82, 2.24) is 15.3 Å². The van der Waals surface area contributed by atoms with Crippen LogP contribution in [0.25, 0.3) is 0 Å². The molecule has 2 rings (SSSR count). The van der Waals surface area contributed by atoms with Crippen molar-refractivity contribution in [2.45, 2.75) is 32.1 Å². The van der Waals surface area contributed by atoms with Gasteiger partial charge in [0.15, 0.2) is 0 Å². The first-order valence-electron chi connectivity index (χ1n) is 12.1. The average Bonchev–Trinajstić information content (AvgIpc) is 3.36. The quantitative estimate of drug-likeness (QED) is 0.150. The van der Waals surface area contributed by atoms with E-state index in [9.17, 15) is 28.8 Å². The number of amides is 5. The van der Waals surface area contributed by atoms with Crippen molar-refractivity contribution in [2.75, 3.05) is 65.9 Å². The third-order valence-corrected chi connectivity index (χ3v) is 5.02. The van der Waals surface area contributed by atoms with Crippen molar-refractivity contribution < 1.29 is 52.6 Å². The Kier molecular flexibility index (Phi) is 14.0. The highest BCUT2D eigenvalue weighted by Crippen LogP contribution is 2.13. The van der Waals surface area contributed by atoms with Gasteiger partial charge in [0.2, 0.25) is 5.91 Å². The van der Waals surface area contributed by atoms with Crippen LogP contribution in [0.5, 0.6) is 0 Å². The van der Waals surface area contributed by atoms with Crippen molar-refractivity contribution in [3.8, 4) is 0 Å². The lowest BCUT2D eigenvalue weighted by Crippen LogP contribution is -2.35. The maximum absolute atomic E-state index is 11.7. The maximum atomic E-state index is 11.7. The number of nitrogens with one attached hydrogen (secondary N) is 1. The zero-order chi connectivity index (χ0) is 26.9. The molecule has 0 aromatic heterocycles. The molecule has 0 aromatic rings. The Morgan fingerprint density at radius 1 is 0.730 bits per heavy atom. The minimum atomic E-state index is -0.655. The van der Waals surface area contributed by atoms with Crippen LogP contribution < -0.4 is 5.32 Å². The van der Waals surface area contributed by atoms with Gasteiger partial charge in [-0.1, -0.05) is 0 Å². The van der Waals surface area contributed by atoms with E-state index in [-0.39, 0.29) is 38.1 Å². The fourth-order valence-electron chi connectivity index (χ4n) is 3.10. The third-order valence-electron chi connectivity index (χ3n) is 5.02. The first-order chi connectivity index (χ1) is 17.9. The molecule has 0 spiro atoms. The normalized spacial score (nSPS) is 15.2. The SMILES string of the molecule is O=C(CCN1C(=O)C=CC1=O)NCCOCCOCCOCCOCCCC(=O)ON1C(=O)CCC1=O. The average molecular weight is 528 g/mol. The summed E-state index contributed by atoms with van der Waals surface area (Å²) in [6.45, 7) is 3.14. The highest BCUT2D eigenvalue weighted by Gasteiger charge is 2.32. The van der Waals surface area contributed by atoms with Gasteiger partial charge in [0.1, 0.15) is 0 Å². The fourth-order valence-corrected chi connectivity index (χ4v) is 3.10. The maximum Gasteiger partial charge on any atom is 0.333 e. The van der Waals surface area contributed by atoms with Crippen LogP contribution in [0.4, 0.5) is 0 Å². The molecule has 0 unspecified atom stereocenters. The van der Waals surface area contributed by atoms with Crippen LogP contribution in [0.15, 0.2) is 12.2 Å². The Balaban J connectivity index is 1.28. The van der Waals surface area contributed by atoms with Gasteiger partial charge < -0.3 is 29.1 Å². The van der Waals surface area contributed by atoms with Crippen LogP contribution in [-0.4, -0.2) is 111 Å². The van der Waals surface area contributed by atoms with Gasteiger partial charge in [0.25, 0.3) is 23.6 Å². The van der Waals surface area contributed by atoms with Crippen molar-refractivity contribution in [2.24, 2.45) is 0 Å². The number of nitrogens with zero attached hydrogens (tertiary/aromatic N) is 2.